The van der Waals surface area contributed by atoms with Crippen molar-refractivity contribution in [2.75, 3.05) is 37.7 Å². The number of imidazole rings is 1. The number of rotatable bonds is 6. The Morgan fingerprint density at radius 1 is 1.03 bits per heavy atom. The standard InChI is InChI=1S/C25H34N6O3/c1-4-34-20-10-8-19(9-11-20)30-16-18(2)17-31-21-22(26-24(30)31)27(3)25(33)29(23(21)32)15-14-28-12-6-5-7-13-28/h8-11,18H,4-7,12-17H2,1-3H3/t18-/m1/s1. The van der Waals surface area contributed by atoms with Crippen LogP contribution in [0.3, 0.4) is 0 Å². The molecular formula is C25H34N6O3. The fraction of sp³-hybridized carbons (Fsp3) is 0.560. The average molecular weight is 467 g/mol. The molecule has 9 nitrogen and oxygen atoms in total. The van der Waals surface area contributed by atoms with Crippen LogP contribution >= 0.6 is 0 Å². The van der Waals surface area contributed by atoms with Gasteiger partial charge in [0, 0.05) is 38.9 Å². The molecule has 34 heavy (non-hydrogen) atoms. The monoisotopic (exact) mass is 466 g/mol. The number of ether oxygens (including phenoxy) is 1. The van der Waals surface area contributed by atoms with Crippen molar-refractivity contribution >= 4 is 22.8 Å². The molecule has 0 aliphatic carbocycles. The maximum absolute atomic E-state index is 13.6. The molecular weight excluding hydrogens is 432 g/mol. The smallest absolute Gasteiger partial charge is 0.332 e. The summed E-state index contributed by atoms with van der Waals surface area (Å²) in [6.45, 7) is 9.43. The highest BCUT2D eigenvalue weighted by molar-refractivity contribution is 5.77. The first-order chi connectivity index (χ1) is 16.5. The van der Waals surface area contributed by atoms with Crippen LogP contribution < -0.4 is 20.9 Å². The number of aromatic nitrogens is 4. The largest absolute Gasteiger partial charge is 0.494 e. The Morgan fingerprint density at radius 3 is 2.47 bits per heavy atom. The molecule has 0 unspecified atom stereocenters. The van der Waals surface area contributed by atoms with Crippen molar-refractivity contribution in [3.05, 3.63) is 45.1 Å². The summed E-state index contributed by atoms with van der Waals surface area (Å²) >= 11 is 0. The summed E-state index contributed by atoms with van der Waals surface area (Å²) < 4.78 is 10.5. The molecule has 1 fully saturated rings. The number of fused-ring (bicyclic) bond motifs is 3. The highest BCUT2D eigenvalue weighted by Gasteiger charge is 2.30. The minimum Gasteiger partial charge on any atom is -0.494 e. The van der Waals surface area contributed by atoms with Crippen LogP contribution in [0.25, 0.3) is 11.2 Å². The minimum absolute atomic E-state index is 0.241. The molecule has 4 heterocycles. The number of nitrogens with zero attached hydrogens (tertiary/aromatic N) is 6. The van der Waals surface area contributed by atoms with Crippen LogP contribution in [0, 0.1) is 5.92 Å². The number of benzene rings is 1. The predicted octanol–water partition coefficient (Wildman–Crippen LogP) is 2.57. The van der Waals surface area contributed by atoms with E-state index in [4.69, 9.17) is 9.72 Å². The third kappa shape index (κ3) is 4.02. The Morgan fingerprint density at radius 2 is 1.76 bits per heavy atom. The third-order valence-corrected chi connectivity index (χ3v) is 6.99. The van der Waals surface area contributed by atoms with Crippen molar-refractivity contribution < 1.29 is 4.74 Å². The second-order valence-corrected chi connectivity index (χ2v) is 9.54. The van der Waals surface area contributed by atoms with E-state index >= 15 is 0 Å². The highest BCUT2D eigenvalue weighted by Crippen LogP contribution is 2.33. The minimum atomic E-state index is -0.300. The van der Waals surface area contributed by atoms with Crippen LogP contribution in [0.1, 0.15) is 33.1 Å². The summed E-state index contributed by atoms with van der Waals surface area (Å²) in [5, 5.41) is 0. The lowest BCUT2D eigenvalue weighted by molar-refractivity contribution is 0.218. The lowest BCUT2D eigenvalue weighted by Gasteiger charge is -2.33. The zero-order valence-electron chi connectivity index (χ0n) is 20.4. The van der Waals surface area contributed by atoms with Crippen molar-refractivity contribution in [2.45, 2.75) is 46.2 Å². The van der Waals surface area contributed by atoms with Gasteiger partial charge in [-0.15, -0.1) is 0 Å². The van der Waals surface area contributed by atoms with E-state index in [9.17, 15) is 9.59 Å². The molecule has 182 valence electrons. The maximum atomic E-state index is 13.6. The van der Waals surface area contributed by atoms with Gasteiger partial charge in [0.05, 0.1) is 6.61 Å². The zero-order chi connectivity index (χ0) is 23.8. The van der Waals surface area contributed by atoms with E-state index in [2.05, 4.69) is 16.7 Å². The van der Waals surface area contributed by atoms with Gasteiger partial charge < -0.3 is 19.1 Å². The molecule has 0 saturated carbocycles. The van der Waals surface area contributed by atoms with Gasteiger partial charge in [-0.3, -0.25) is 13.9 Å². The number of anilines is 2. The molecule has 2 aliphatic heterocycles. The number of aryl methyl sites for hydroxylation is 1. The molecule has 0 N–H and O–H groups in total. The summed E-state index contributed by atoms with van der Waals surface area (Å²) in [5.74, 6) is 1.84. The van der Waals surface area contributed by atoms with Crippen LogP contribution in [-0.2, 0) is 20.1 Å². The summed E-state index contributed by atoms with van der Waals surface area (Å²) in [6, 6.07) is 7.94. The van der Waals surface area contributed by atoms with E-state index < -0.39 is 0 Å². The van der Waals surface area contributed by atoms with Crippen molar-refractivity contribution in [3.8, 4) is 5.75 Å². The van der Waals surface area contributed by atoms with Crippen molar-refractivity contribution in [1.29, 1.82) is 0 Å². The zero-order valence-corrected chi connectivity index (χ0v) is 20.4. The van der Waals surface area contributed by atoms with Gasteiger partial charge in [0.1, 0.15) is 5.75 Å². The summed E-state index contributed by atoms with van der Waals surface area (Å²) in [4.78, 5) is 36.0. The lowest BCUT2D eigenvalue weighted by atomic mass is 10.1. The van der Waals surface area contributed by atoms with Crippen LogP contribution in [0.5, 0.6) is 5.75 Å². The van der Waals surface area contributed by atoms with Gasteiger partial charge in [0.2, 0.25) is 5.95 Å². The van der Waals surface area contributed by atoms with Gasteiger partial charge in [0.25, 0.3) is 5.56 Å². The third-order valence-electron chi connectivity index (χ3n) is 6.99. The van der Waals surface area contributed by atoms with Crippen LogP contribution in [0.4, 0.5) is 11.6 Å². The second-order valence-electron chi connectivity index (χ2n) is 9.54. The molecule has 3 aromatic rings. The van der Waals surface area contributed by atoms with Crippen LogP contribution in [0.2, 0.25) is 0 Å². The van der Waals surface area contributed by atoms with Gasteiger partial charge >= 0.3 is 5.69 Å². The topological polar surface area (TPSA) is 77.5 Å². The average Bonchev–Trinajstić information content (AvgIpc) is 3.23. The van der Waals surface area contributed by atoms with Gasteiger partial charge in [0.15, 0.2) is 11.2 Å². The molecule has 1 atom stereocenters. The summed E-state index contributed by atoms with van der Waals surface area (Å²) in [7, 11) is 1.71. The SMILES string of the molecule is CCOc1ccc(N2C[C@@H](C)Cn3c2nc2c3c(=O)n(CCN3CCCCC3)c(=O)n2C)cc1. The van der Waals surface area contributed by atoms with Crippen LogP contribution in [-0.4, -0.2) is 56.4 Å². The fourth-order valence-corrected chi connectivity index (χ4v) is 5.23. The van der Waals surface area contributed by atoms with Gasteiger partial charge in [-0.1, -0.05) is 13.3 Å². The molecule has 1 aromatic carbocycles. The van der Waals surface area contributed by atoms with E-state index in [0.29, 0.717) is 42.7 Å². The van der Waals surface area contributed by atoms with Crippen LogP contribution in [0.15, 0.2) is 33.9 Å². The molecule has 2 aliphatic rings. The lowest BCUT2D eigenvalue weighted by Crippen LogP contribution is -2.43. The van der Waals surface area contributed by atoms with E-state index in [-0.39, 0.29) is 11.2 Å². The Bertz CT molecular complexity index is 1280. The van der Waals surface area contributed by atoms with Gasteiger partial charge in [-0.05, 0) is 63.0 Å². The highest BCUT2D eigenvalue weighted by atomic mass is 16.5. The molecule has 1 saturated heterocycles. The van der Waals surface area contributed by atoms with Crippen molar-refractivity contribution in [3.63, 3.8) is 0 Å². The Hall–Kier alpha value is -3.07. The normalized spacial score (nSPS) is 18.9. The molecule has 0 spiro atoms. The first kappa shape index (κ1) is 22.7. The van der Waals surface area contributed by atoms with Crippen molar-refractivity contribution in [1.82, 2.24) is 23.6 Å². The number of piperidine rings is 1. The second kappa shape index (κ2) is 9.29. The van der Waals surface area contributed by atoms with E-state index in [1.165, 1.54) is 28.4 Å². The Labute approximate surface area is 199 Å². The molecule has 2 aromatic heterocycles. The predicted molar refractivity (Wildman–Crippen MR) is 133 cm³/mol. The van der Waals surface area contributed by atoms with Gasteiger partial charge in [-0.25, -0.2) is 4.79 Å². The molecule has 9 heteroatoms. The Balaban J connectivity index is 1.56. The van der Waals surface area contributed by atoms with E-state index in [1.54, 1.807) is 7.05 Å². The maximum Gasteiger partial charge on any atom is 0.332 e. The molecule has 5 rings (SSSR count). The summed E-state index contributed by atoms with van der Waals surface area (Å²) in [5.41, 5.74) is 1.41. The molecule has 0 radical (unpaired) electrons. The first-order valence-corrected chi connectivity index (χ1v) is 12.4. The summed E-state index contributed by atoms with van der Waals surface area (Å²) in [6.07, 6.45) is 3.62. The van der Waals surface area contributed by atoms with E-state index in [1.807, 2.05) is 35.8 Å². The van der Waals surface area contributed by atoms with Crippen molar-refractivity contribution in [2.24, 2.45) is 13.0 Å². The fourth-order valence-electron chi connectivity index (χ4n) is 5.23. The number of hydrogen-bond acceptors (Lipinski definition) is 6. The molecule has 0 bridgehead atoms. The number of likely N-dealkylation sites (tertiary alicyclic amines) is 1. The first-order valence-electron chi connectivity index (χ1n) is 12.4. The Kier molecular flexibility index (Phi) is 6.20. The van der Waals surface area contributed by atoms with Gasteiger partial charge in [-0.2, -0.15) is 4.98 Å². The quantitative estimate of drug-likeness (QED) is 0.556. The molecule has 0 amide bonds. The van der Waals surface area contributed by atoms with E-state index in [0.717, 1.165) is 37.6 Å². The number of hydrogen-bond donors (Lipinski definition) is 0.